The molecule has 0 saturated heterocycles. The van der Waals surface area contributed by atoms with E-state index in [1.807, 2.05) is 35.2 Å². The molecule has 156 valence electrons. The molecule has 1 atom stereocenters. The summed E-state index contributed by atoms with van der Waals surface area (Å²) in [5.41, 5.74) is 4.61. The summed E-state index contributed by atoms with van der Waals surface area (Å²) in [6, 6.07) is 23.0. The first-order valence-electron chi connectivity index (χ1n) is 10.1. The van der Waals surface area contributed by atoms with E-state index in [9.17, 15) is 9.59 Å². The van der Waals surface area contributed by atoms with E-state index in [1.54, 1.807) is 31.4 Å². The van der Waals surface area contributed by atoms with Crippen LogP contribution in [0.1, 0.15) is 33.1 Å². The first kappa shape index (κ1) is 20.4. The van der Waals surface area contributed by atoms with Crippen LogP contribution in [0.5, 0.6) is 5.75 Å². The normalized spacial score (nSPS) is 15.0. The molecule has 4 rings (SSSR count). The zero-order valence-electron chi connectivity index (χ0n) is 17.4. The van der Waals surface area contributed by atoms with Crippen LogP contribution in [-0.2, 0) is 17.8 Å². The summed E-state index contributed by atoms with van der Waals surface area (Å²) < 4.78 is 5.38. The van der Waals surface area contributed by atoms with Crippen LogP contribution in [0.3, 0.4) is 0 Å². The van der Waals surface area contributed by atoms with Crippen molar-refractivity contribution in [1.82, 2.24) is 4.90 Å². The van der Waals surface area contributed by atoms with Gasteiger partial charge in [0.1, 0.15) is 5.75 Å². The number of rotatable bonds is 5. The summed E-state index contributed by atoms with van der Waals surface area (Å²) in [4.78, 5) is 26.9. The lowest BCUT2D eigenvalue weighted by Crippen LogP contribution is -2.39. The number of benzene rings is 3. The number of anilines is 1. The highest BCUT2D eigenvalue weighted by Crippen LogP contribution is 2.35. The first-order valence-corrected chi connectivity index (χ1v) is 10.1. The van der Waals surface area contributed by atoms with Crippen molar-refractivity contribution in [3.63, 3.8) is 0 Å². The number of nitrogens with zero attached hydrogens (tertiary/aromatic N) is 1. The number of ether oxygens (including phenoxy) is 1. The minimum Gasteiger partial charge on any atom is -0.497 e. The molecule has 0 fully saturated rings. The number of methoxy groups -OCH3 is 1. The Morgan fingerprint density at radius 3 is 2.45 bits per heavy atom. The smallest absolute Gasteiger partial charge is 0.254 e. The van der Waals surface area contributed by atoms with Crippen molar-refractivity contribution in [2.75, 3.05) is 12.4 Å². The van der Waals surface area contributed by atoms with Gasteiger partial charge in [0.15, 0.2) is 0 Å². The lowest BCUT2D eigenvalue weighted by atomic mass is 9.89. The van der Waals surface area contributed by atoms with E-state index in [-0.39, 0.29) is 17.9 Å². The molecule has 31 heavy (non-hydrogen) atoms. The Balaban J connectivity index is 1.66. The van der Waals surface area contributed by atoms with Gasteiger partial charge in [0, 0.05) is 17.8 Å². The van der Waals surface area contributed by atoms with Crippen molar-refractivity contribution in [2.24, 2.45) is 0 Å². The molecule has 0 aliphatic carbocycles. The van der Waals surface area contributed by atoms with Crippen molar-refractivity contribution < 1.29 is 14.3 Å². The van der Waals surface area contributed by atoms with Crippen LogP contribution in [0.15, 0.2) is 85.5 Å². The van der Waals surface area contributed by atoms with Crippen molar-refractivity contribution in [3.05, 3.63) is 108 Å². The molecule has 1 heterocycles. The molecule has 1 unspecified atom stereocenters. The van der Waals surface area contributed by atoms with Crippen LogP contribution in [0.2, 0.25) is 0 Å². The van der Waals surface area contributed by atoms with Gasteiger partial charge in [0.05, 0.1) is 13.2 Å². The predicted molar refractivity (Wildman–Crippen MR) is 121 cm³/mol. The quantitative estimate of drug-likeness (QED) is 0.615. The van der Waals surface area contributed by atoms with Gasteiger partial charge in [-0.15, -0.1) is 0 Å². The summed E-state index contributed by atoms with van der Waals surface area (Å²) in [6.45, 7) is 3.95. The predicted octanol–water partition coefficient (Wildman–Crippen LogP) is 4.76. The number of amides is 2. The zero-order chi connectivity index (χ0) is 21.8. The summed E-state index contributed by atoms with van der Waals surface area (Å²) in [7, 11) is 1.65. The number of hydrogen-bond acceptors (Lipinski definition) is 3. The van der Waals surface area contributed by atoms with Crippen molar-refractivity contribution >= 4 is 17.5 Å². The Kier molecular flexibility index (Phi) is 5.85. The molecule has 5 nitrogen and oxygen atoms in total. The topological polar surface area (TPSA) is 58.6 Å². The largest absolute Gasteiger partial charge is 0.497 e. The van der Waals surface area contributed by atoms with Crippen LogP contribution < -0.4 is 10.1 Å². The maximum atomic E-state index is 13.5. The van der Waals surface area contributed by atoms with Crippen LogP contribution in [-0.4, -0.2) is 23.8 Å². The Hall–Kier alpha value is -3.86. The maximum absolute atomic E-state index is 13.5. The van der Waals surface area contributed by atoms with E-state index >= 15 is 0 Å². The summed E-state index contributed by atoms with van der Waals surface area (Å²) >= 11 is 0. The highest BCUT2D eigenvalue weighted by atomic mass is 16.5. The van der Waals surface area contributed by atoms with Gasteiger partial charge in [-0.3, -0.25) is 9.59 Å². The zero-order valence-corrected chi connectivity index (χ0v) is 17.4. The van der Waals surface area contributed by atoms with Gasteiger partial charge in [0.25, 0.3) is 5.91 Å². The number of hydrogen-bond donors (Lipinski definition) is 1. The monoisotopic (exact) mass is 412 g/mol. The molecule has 5 heteroatoms. The lowest BCUT2D eigenvalue weighted by molar-refractivity contribution is -0.111. The van der Waals surface area contributed by atoms with Gasteiger partial charge in [-0.25, -0.2) is 0 Å². The molecule has 0 bridgehead atoms. The van der Waals surface area contributed by atoms with Gasteiger partial charge >= 0.3 is 0 Å². The molecule has 3 aromatic rings. The number of carbonyl (C=O) groups excluding carboxylic acids is 2. The maximum Gasteiger partial charge on any atom is 0.254 e. The second kappa shape index (κ2) is 8.88. The van der Waals surface area contributed by atoms with Crippen molar-refractivity contribution in [2.45, 2.75) is 19.0 Å². The highest BCUT2D eigenvalue weighted by Gasteiger charge is 2.31. The van der Waals surface area contributed by atoms with Gasteiger partial charge in [-0.1, -0.05) is 43.0 Å². The Labute approximate surface area is 182 Å². The molecular formula is C26H24N2O3. The Morgan fingerprint density at radius 2 is 1.77 bits per heavy atom. The van der Waals surface area contributed by atoms with E-state index in [0.29, 0.717) is 17.8 Å². The third-order valence-electron chi connectivity index (χ3n) is 5.57. The molecule has 1 aliphatic rings. The van der Waals surface area contributed by atoms with E-state index in [2.05, 4.69) is 30.1 Å². The first-order chi connectivity index (χ1) is 15.1. The summed E-state index contributed by atoms with van der Waals surface area (Å²) in [5, 5.41) is 2.70. The molecule has 0 radical (unpaired) electrons. The second-order valence-electron chi connectivity index (χ2n) is 7.47. The van der Waals surface area contributed by atoms with Crippen LogP contribution in [0.25, 0.3) is 0 Å². The average molecular weight is 412 g/mol. The molecule has 1 aliphatic heterocycles. The molecule has 0 spiro atoms. The number of carbonyl (C=O) groups is 2. The molecule has 0 saturated carbocycles. The molecule has 0 aromatic heterocycles. The van der Waals surface area contributed by atoms with Crippen LogP contribution >= 0.6 is 0 Å². The lowest BCUT2D eigenvalue weighted by Gasteiger charge is -2.37. The molecule has 1 N–H and O–H groups in total. The van der Waals surface area contributed by atoms with Gasteiger partial charge in [0.2, 0.25) is 5.91 Å². The van der Waals surface area contributed by atoms with Gasteiger partial charge in [-0.05, 0) is 65.6 Å². The van der Waals surface area contributed by atoms with E-state index in [0.717, 1.165) is 23.3 Å². The van der Waals surface area contributed by atoms with Gasteiger partial charge < -0.3 is 15.0 Å². The minimum atomic E-state index is -0.287. The molecule has 2 amide bonds. The fourth-order valence-corrected chi connectivity index (χ4v) is 3.93. The average Bonchev–Trinajstić information content (AvgIpc) is 2.83. The fourth-order valence-electron chi connectivity index (χ4n) is 3.93. The van der Waals surface area contributed by atoms with Crippen molar-refractivity contribution in [1.29, 1.82) is 0 Å². The molecular weight excluding hydrogens is 388 g/mol. The minimum absolute atomic E-state index is 0.0519. The fraction of sp³-hybridized carbons (Fsp3) is 0.154. The SMILES string of the molecule is C=CC(=O)Nc1ccc(C(=O)N2Cc3cc(OC)ccc3CC2c2ccccc2)cc1. The van der Waals surface area contributed by atoms with Crippen LogP contribution in [0, 0.1) is 0 Å². The Morgan fingerprint density at radius 1 is 1.03 bits per heavy atom. The summed E-state index contributed by atoms with van der Waals surface area (Å²) in [6.07, 6.45) is 1.95. The third kappa shape index (κ3) is 4.36. The van der Waals surface area contributed by atoms with Crippen LogP contribution in [0.4, 0.5) is 5.69 Å². The summed E-state index contributed by atoms with van der Waals surface area (Å²) in [5.74, 6) is 0.445. The highest BCUT2D eigenvalue weighted by molar-refractivity contribution is 5.99. The number of fused-ring (bicyclic) bond motifs is 1. The van der Waals surface area contributed by atoms with E-state index in [4.69, 9.17) is 4.74 Å². The third-order valence-corrected chi connectivity index (χ3v) is 5.57. The van der Waals surface area contributed by atoms with E-state index in [1.165, 1.54) is 11.6 Å². The van der Waals surface area contributed by atoms with Gasteiger partial charge in [-0.2, -0.15) is 0 Å². The Bertz CT molecular complexity index is 1110. The standard InChI is InChI=1S/C26H24N2O3/c1-3-25(29)27-22-12-9-19(10-13-22)26(30)28-17-21-15-23(31-2)14-11-20(21)16-24(28)18-7-5-4-6-8-18/h3-15,24H,1,16-17H2,2H3,(H,27,29). The number of nitrogens with one attached hydrogen (secondary N) is 1. The second-order valence-corrected chi connectivity index (χ2v) is 7.47. The van der Waals surface area contributed by atoms with E-state index < -0.39 is 0 Å². The molecule has 3 aromatic carbocycles. The van der Waals surface area contributed by atoms with Crippen molar-refractivity contribution in [3.8, 4) is 5.75 Å².